The van der Waals surface area contributed by atoms with Gasteiger partial charge in [0.15, 0.2) is 0 Å². The molecule has 4 nitrogen and oxygen atoms in total. The fourth-order valence-corrected chi connectivity index (χ4v) is 2.01. The summed E-state index contributed by atoms with van der Waals surface area (Å²) in [7, 11) is 3.72. The van der Waals surface area contributed by atoms with Crippen LogP contribution in [0.3, 0.4) is 0 Å². The number of hydrogen-bond donors (Lipinski definition) is 0. The Morgan fingerprint density at radius 3 is 2.15 bits per heavy atom. The van der Waals surface area contributed by atoms with E-state index in [4.69, 9.17) is 0 Å². The van der Waals surface area contributed by atoms with Gasteiger partial charge in [-0.25, -0.2) is 4.98 Å². The van der Waals surface area contributed by atoms with Gasteiger partial charge in [-0.05, 0) is 52.3 Å². The van der Waals surface area contributed by atoms with E-state index in [2.05, 4.69) is 20.9 Å². The third kappa shape index (κ3) is 3.17. The number of nitrogens with zero attached hydrogens (tertiary/aromatic N) is 3. The van der Waals surface area contributed by atoms with Crippen molar-refractivity contribution in [2.24, 2.45) is 0 Å². The fraction of sp³-hybridized carbons (Fsp3) is 0.200. The third-order valence-corrected chi connectivity index (χ3v) is 3.62. The molecule has 0 bridgehead atoms. The monoisotopic (exact) mass is 333 g/mol. The summed E-state index contributed by atoms with van der Waals surface area (Å²) in [5.74, 6) is 0.876. The number of rotatable bonds is 3. The Labute approximate surface area is 127 Å². The summed E-state index contributed by atoms with van der Waals surface area (Å²) in [6, 6.07) is 11.7. The molecular weight excluding hydrogens is 318 g/mol. The Kier molecular flexibility index (Phi) is 4.39. The first-order chi connectivity index (χ1) is 9.49. The predicted molar refractivity (Wildman–Crippen MR) is 85.5 cm³/mol. The van der Waals surface area contributed by atoms with E-state index in [1.54, 1.807) is 25.1 Å². The molecule has 1 heterocycles. The lowest BCUT2D eigenvalue weighted by Gasteiger charge is -2.20. The summed E-state index contributed by atoms with van der Waals surface area (Å²) in [6.07, 6.45) is 1.77. The molecule has 0 aliphatic heterocycles. The van der Waals surface area contributed by atoms with Crippen molar-refractivity contribution in [1.29, 1.82) is 0 Å². The van der Waals surface area contributed by atoms with Gasteiger partial charge in [-0.15, -0.1) is 0 Å². The molecule has 0 spiro atoms. The maximum absolute atomic E-state index is 11.3. The first-order valence-electron chi connectivity index (χ1n) is 6.18. The van der Waals surface area contributed by atoms with Crippen molar-refractivity contribution in [1.82, 2.24) is 4.98 Å². The Bertz CT molecular complexity index is 596. The van der Waals surface area contributed by atoms with Crippen LogP contribution in [-0.2, 0) is 4.79 Å². The van der Waals surface area contributed by atoms with Crippen molar-refractivity contribution in [2.45, 2.75) is 6.92 Å². The molecule has 0 aliphatic rings. The van der Waals surface area contributed by atoms with Gasteiger partial charge in [0.1, 0.15) is 5.82 Å². The van der Waals surface area contributed by atoms with Gasteiger partial charge in [-0.3, -0.25) is 4.79 Å². The van der Waals surface area contributed by atoms with E-state index in [0.29, 0.717) is 0 Å². The highest BCUT2D eigenvalue weighted by Crippen LogP contribution is 2.25. The summed E-state index contributed by atoms with van der Waals surface area (Å²) >= 11 is 3.37. The minimum absolute atomic E-state index is 0.0145. The van der Waals surface area contributed by atoms with Gasteiger partial charge in [0.2, 0.25) is 5.91 Å². The molecular formula is C15H16BrN3O. The Morgan fingerprint density at radius 1 is 1.05 bits per heavy atom. The van der Waals surface area contributed by atoms with Crippen molar-refractivity contribution in [3.63, 3.8) is 0 Å². The van der Waals surface area contributed by atoms with Crippen LogP contribution in [0.5, 0.6) is 0 Å². The standard InChI is InChI=1S/C15H16BrN3O/c1-11(20)18(2)13-5-7-14(8-6-13)19(3)15-9-4-12(16)10-17-15/h4-10H,1-3H3. The first kappa shape index (κ1) is 14.5. The van der Waals surface area contributed by atoms with Gasteiger partial charge in [-0.2, -0.15) is 0 Å². The zero-order chi connectivity index (χ0) is 14.7. The highest BCUT2D eigenvalue weighted by atomic mass is 79.9. The topological polar surface area (TPSA) is 36.4 Å². The van der Waals surface area contributed by atoms with Gasteiger partial charge >= 0.3 is 0 Å². The fourth-order valence-electron chi connectivity index (χ4n) is 1.78. The predicted octanol–water partition coefficient (Wildman–Crippen LogP) is 3.59. The summed E-state index contributed by atoms with van der Waals surface area (Å²) in [5, 5.41) is 0. The molecule has 0 atom stereocenters. The number of carbonyl (C=O) groups is 1. The van der Waals surface area contributed by atoms with Gasteiger partial charge in [0.25, 0.3) is 0 Å². The number of hydrogen-bond acceptors (Lipinski definition) is 3. The largest absolute Gasteiger partial charge is 0.329 e. The number of amides is 1. The maximum Gasteiger partial charge on any atom is 0.223 e. The number of halogens is 1. The number of carbonyl (C=O) groups excluding carboxylic acids is 1. The number of anilines is 3. The molecule has 1 aromatic carbocycles. The van der Waals surface area contributed by atoms with Gasteiger partial charge in [0.05, 0.1) is 0 Å². The van der Waals surface area contributed by atoms with Crippen LogP contribution < -0.4 is 9.80 Å². The molecule has 0 saturated heterocycles. The molecule has 1 amide bonds. The van der Waals surface area contributed by atoms with E-state index in [1.165, 1.54) is 0 Å². The van der Waals surface area contributed by atoms with Crippen molar-refractivity contribution in [3.8, 4) is 0 Å². The highest BCUT2D eigenvalue weighted by molar-refractivity contribution is 9.10. The molecule has 0 radical (unpaired) electrons. The zero-order valence-electron chi connectivity index (χ0n) is 11.7. The normalized spacial score (nSPS) is 10.2. The van der Waals surface area contributed by atoms with Crippen LogP contribution in [0.15, 0.2) is 47.1 Å². The molecule has 104 valence electrons. The van der Waals surface area contributed by atoms with Crippen molar-refractivity contribution >= 4 is 39.0 Å². The molecule has 0 fully saturated rings. The van der Waals surface area contributed by atoms with Gasteiger partial charge < -0.3 is 9.80 Å². The zero-order valence-corrected chi connectivity index (χ0v) is 13.3. The number of pyridine rings is 1. The summed E-state index contributed by atoms with van der Waals surface area (Å²) in [4.78, 5) is 19.3. The van der Waals surface area contributed by atoms with Gasteiger partial charge in [0, 0.05) is 43.1 Å². The van der Waals surface area contributed by atoms with Crippen LogP contribution in [0.4, 0.5) is 17.2 Å². The lowest BCUT2D eigenvalue weighted by molar-refractivity contribution is -0.116. The average Bonchev–Trinajstić information content (AvgIpc) is 2.46. The van der Waals surface area contributed by atoms with Crippen LogP contribution in [-0.4, -0.2) is 25.0 Å². The summed E-state index contributed by atoms with van der Waals surface area (Å²) in [6.45, 7) is 1.55. The lowest BCUT2D eigenvalue weighted by Crippen LogP contribution is -2.22. The van der Waals surface area contributed by atoms with Crippen molar-refractivity contribution in [2.75, 3.05) is 23.9 Å². The van der Waals surface area contributed by atoms with Gasteiger partial charge in [-0.1, -0.05) is 0 Å². The summed E-state index contributed by atoms with van der Waals surface area (Å²) < 4.78 is 0.952. The number of aromatic nitrogens is 1. The van der Waals surface area contributed by atoms with Crippen molar-refractivity contribution < 1.29 is 4.79 Å². The first-order valence-corrected chi connectivity index (χ1v) is 6.98. The lowest BCUT2D eigenvalue weighted by atomic mass is 10.2. The van der Waals surface area contributed by atoms with E-state index in [-0.39, 0.29) is 5.91 Å². The second-order valence-electron chi connectivity index (χ2n) is 4.49. The van der Waals surface area contributed by atoms with Crippen LogP contribution in [0.25, 0.3) is 0 Å². The van der Waals surface area contributed by atoms with E-state index < -0.39 is 0 Å². The minimum Gasteiger partial charge on any atom is -0.329 e. The smallest absolute Gasteiger partial charge is 0.223 e. The molecule has 0 N–H and O–H groups in total. The molecule has 0 unspecified atom stereocenters. The SMILES string of the molecule is CC(=O)N(C)c1ccc(N(C)c2ccc(Br)cn2)cc1. The molecule has 0 saturated carbocycles. The van der Waals surface area contributed by atoms with Crippen LogP contribution in [0, 0.1) is 0 Å². The third-order valence-electron chi connectivity index (χ3n) is 3.15. The molecule has 2 rings (SSSR count). The Hall–Kier alpha value is -1.88. The minimum atomic E-state index is 0.0145. The molecule has 20 heavy (non-hydrogen) atoms. The quantitative estimate of drug-likeness (QED) is 0.861. The van der Waals surface area contributed by atoms with Crippen LogP contribution in [0.2, 0.25) is 0 Å². The van der Waals surface area contributed by atoms with E-state index in [9.17, 15) is 4.79 Å². The highest BCUT2D eigenvalue weighted by Gasteiger charge is 2.08. The van der Waals surface area contributed by atoms with E-state index >= 15 is 0 Å². The summed E-state index contributed by atoms with van der Waals surface area (Å²) in [5.41, 5.74) is 1.89. The Balaban J connectivity index is 2.21. The Morgan fingerprint density at radius 2 is 1.65 bits per heavy atom. The second kappa shape index (κ2) is 6.05. The van der Waals surface area contributed by atoms with Crippen LogP contribution >= 0.6 is 15.9 Å². The average molecular weight is 334 g/mol. The molecule has 0 aliphatic carbocycles. The van der Waals surface area contributed by atoms with Crippen LogP contribution in [0.1, 0.15) is 6.92 Å². The molecule has 5 heteroatoms. The van der Waals surface area contributed by atoms with Crippen molar-refractivity contribution in [3.05, 3.63) is 47.1 Å². The van der Waals surface area contributed by atoms with E-state index in [1.807, 2.05) is 48.3 Å². The van der Waals surface area contributed by atoms with E-state index in [0.717, 1.165) is 21.7 Å². The second-order valence-corrected chi connectivity index (χ2v) is 5.40. The molecule has 1 aromatic heterocycles. The maximum atomic E-state index is 11.3. The molecule has 2 aromatic rings. The number of benzene rings is 1.